The van der Waals surface area contributed by atoms with E-state index in [0.717, 1.165) is 6.20 Å². The summed E-state index contributed by atoms with van der Waals surface area (Å²) in [4.78, 5) is 23.0. The Bertz CT molecular complexity index is 632. The fourth-order valence-electron chi connectivity index (χ4n) is 1.64. The molecule has 7 heteroatoms. The molecule has 1 aromatic rings. The molecule has 0 aromatic heterocycles. The van der Waals surface area contributed by atoms with Crippen molar-refractivity contribution in [1.82, 2.24) is 5.32 Å². The van der Waals surface area contributed by atoms with Crippen molar-refractivity contribution in [3.8, 4) is 11.8 Å². The van der Waals surface area contributed by atoms with E-state index in [2.05, 4.69) is 10.6 Å². The van der Waals surface area contributed by atoms with Crippen LogP contribution in [-0.2, 0) is 9.59 Å². The third-order valence-electron chi connectivity index (χ3n) is 2.86. The van der Waals surface area contributed by atoms with E-state index >= 15 is 0 Å². The van der Waals surface area contributed by atoms with E-state index < -0.39 is 17.9 Å². The normalized spacial score (nSPS) is 12.4. The van der Waals surface area contributed by atoms with Crippen molar-refractivity contribution in [1.29, 1.82) is 5.26 Å². The van der Waals surface area contributed by atoms with Crippen molar-refractivity contribution in [3.05, 3.63) is 36.0 Å². The maximum Gasteiger partial charge on any atom is 0.326 e. The van der Waals surface area contributed by atoms with Gasteiger partial charge < -0.3 is 20.8 Å². The predicted octanol–water partition coefficient (Wildman–Crippen LogP) is 1.44. The minimum atomic E-state index is -1.08. The van der Waals surface area contributed by atoms with Gasteiger partial charge >= 0.3 is 5.97 Å². The summed E-state index contributed by atoms with van der Waals surface area (Å²) in [5.41, 5.74) is -0.137. The van der Waals surface area contributed by atoms with Crippen molar-refractivity contribution in [2.45, 2.75) is 19.9 Å². The van der Waals surface area contributed by atoms with Crippen molar-refractivity contribution >= 4 is 17.6 Å². The molecule has 0 saturated carbocycles. The van der Waals surface area contributed by atoms with E-state index in [1.807, 2.05) is 0 Å². The third-order valence-corrected chi connectivity index (χ3v) is 2.86. The number of rotatable bonds is 6. The number of nitriles is 1. The monoisotopic (exact) mass is 303 g/mol. The van der Waals surface area contributed by atoms with Gasteiger partial charge in [-0.1, -0.05) is 26.0 Å². The first-order valence-corrected chi connectivity index (χ1v) is 6.55. The average Bonchev–Trinajstić information content (AvgIpc) is 2.45. The summed E-state index contributed by atoms with van der Waals surface area (Å²) in [5, 5.41) is 32.5. The van der Waals surface area contributed by atoms with Gasteiger partial charge in [0.1, 0.15) is 23.4 Å². The van der Waals surface area contributed by atoms with E-state index in [1.165, 1.54) is 12.1 Å². The molecular formula is C15H17N3O4. The molecule has 0 aliphatic heterocycles. The number of carbonyl (C=O) groups excluding carboxylic acids is 1. The lowest BCUT2D eigenvalue weighted by Gasteiger charge is -2.16. The molecule has 0 fully saturated rings. The first-order chi connectivity index (χ1) is 10.4. The summed E-state index contributed by atoms with van der Waals surface area (Å²) in [6.45, 7) is 3.40. The Morgan fingerprint density at radius 2 is 1.95 bits per heavy atom. The fraction of sp³-hybridized carbons (Fsp3) is 0.267. The van der Waals surface area contributed by atoms with Crippen LogP contribution < -0.4 is 10.6 Å². The summed E-state index contributed by atoms with van der Waals surface area (Å²) in [6.07, 6.45) is 1.06. The Hall–Kier alpha value is -3.01. The summed E-state index contributed by atoms with van der Waals surface area (Å²) >= 11 is 0. The van der Waals surface area contributed by atoms with Gasteiger partial charge in [-0.05, 0) is 18.1 Å². The third kappa shape index (κ3) is 4.52. The molecule has 4 N–H and O–H groups in total. The highest BCUT2D eigenvalue weighted by Gasteiger charge is 2.20. The molecule has 0 saturated heterocycles. The van der Waals surface area contributed by atoms with E-state index in [4.69, 9.17) is 10.4 Å². The average molecular weight is 303 g/mol. The molecule has 1 atom stereocenters. The van der Waals surface area contributed by atoms with Crippen molar-refractivity contribution < 1.29 is 19.8 Å². The molecule has 7 nitrogen and oxygen atoms in total. The van der Waals surface area contributed by atoms with Crippen LogP contribution >= 0.6 is 0 Å². The van der Waals surface area contributed by atoms with Crippen molar-refractivity contribution in [3.63, 3.8) is 0 Å². The van der Waals surface area contributed by atoms with Gasteiger partial charge in [0.05, 0.1) is 5.69 Å². The van der Waals surface area contributed by atoms with E-state index in [-0.39, 0.29) is 22.9 Å². The molecule has 1 aromatic carbocycles. The second kappa shape index (κ2) is 7.69. The van der Waals surface area contributed by atoms with E-state index in [9.17, 15) is 14.7 Å². The Balaban J connectivity index is 2.85. The van der Waals surface area contributed by atoms with Crippen molar-refractivity contribution in [2.75, 3.05) is 5.32 Å². The second-order valence-electron chi connectivity index (χ2n) is 4.87. The lowest BCUT2D eigenvalue weighted by molar-refractivity contribution is -0.140. The van der Waals surface area contributed by atoms with Crippen LogP contribution in [0.1, 0.15) is 13.8 Å². The highest BCUT2D eigenvalue weighted by Crippen LogP contribution is 2.21. The standard InChI is InChI=1S/C15H17N3O4/c1-9(2)13(15(21)22)17-8-10(7-16)14(20)18-11-5-3-4-6-12(11)19/h3-6,8-9,13,17,19H,1-2H3,(H,18,20)(H,21,22)/b10-8-. The van der Waals surface area contributed by atoms with Gasteiger partial charge in [-0.25, -0.2) is 4.79 Å². The summed E-state index contributed by atoms with van der Waals surface area (Å²) < 4.78 is 0. The van der Waals surface area contributed by atoms with Gasteiger partial charge in [0.25, 0.3) is 5.91 Å². The number of phenolic OH excluding ortho intramolecular Hbond substituents is 1. The number of aliphatic carboxylic acids is 1. The molecule has 0 heterocycles. The zero-order valence-electron chi connectivity index (χ0n) is 12.2. The number of carboxylic acid groups (broad SMARTS) is 1. The number of carbonyl (C=O) groups is 2. The summed E-state index contributed by atoms with van der Waals surface area (Å²) in [6, 6.07) is 6.84. The van der Waals surface area contributed by atoms with Crippen LogP contribution in [0, 0.1) is 17.2 Å². The highest BCUT2D eigenvalue weighted by atomic mass is 16.4. The highest BCUT2D eigenvalue weighted by molar-refractivity contribution is 6.07. The topological polar surface area (TPSA) is 122 Å². The predicted molar refractivity (Wildman–Crippen MR) is 79.8 cm³/mol. The molecule has 1 unspecified atom stereocenters. The minimum Gasteiger partial charge on any atom is -0.506 e. The van der Waals surface area contributed by atoms with Gasteiger partial charge in [0.2, 0.25) is 0 Å². The fourth-order valence-corrected chi connectivity index (χ4v) is 1.64. The number of hydrogen-bond acceptors (Lipinski definition) is 5. The van der Waals surface area contributed by atoms with E-state index in [1.54, 1.807) is 32.0 Å². The Labute approximate surface area is 127 Å². The number of phenols is 1. The number of benzene rings is 1. The van der Waals surface area contributed by atoms with Crippen LogP contribution in [0.25, 0.3) is 0 Å². The zero-order valence-corrected chi connectivity index (χ0v) is 12.2. The second-order valence-corrected chi connectivity index (χ2v) is 4.87. The van der Waals surface area contributed by atoms with Gasteiger partial charge in [-0.15, -0.1) is 0 Å². The van der Waals surface area contributed by atoms with Crippen LogP contribution in [0.5, 0.6) is 5.75 Å². The van der Waals surface area contributed by atoms with Crippen LogP contribution in [0.3, 0.4) is 0 Å². The Morgan fingerprint density at radius 1 is 1.32 bits per heavy atom. The number of aromatic hydroxyl groups is 1. The molecular weight excluding hydrogens is 286 g/mol. The first-order valence-electron chi connectivity index (χ1n) is 6.55. The lowest BCUT2D eigenvalue weighted by Crippen LogP contribution is -2.38. The van der Waals surface area contributed by atoms with Crippen LogP contribution in [0.4, 0.5) is 5.69 Å². The molecule has 0 aliphatic rings. The summed E-state index contributed by atoms with van der Waals surface area (Å²) in [7, 11) is 0. The number of anilines is 1. The molecule has 0 spiro atoms. The number of carboxylic acids is 1. The van der Waals surface area contributed by atoms with E-state index in [0.29, 0.717) is 0 Å². The molecule has 0 bridgehead atoms. The molecule has 0 radical (unpaired) electrons. The van der Waals surface area contributed by atoms with Crippen LogP contribution in [0.2, 0.25) is 0 Å². The molecule has 1 amide bonds. The number of nitrogens with zero attached hydrogens (tertiary/aromatic N) is 1. The quantitative estimate of drug-likeness (QED) is 0.358. The largest absolute Gasteiger partial charge is 0.506 e. The SMILES string of the molecule is CC(C)C(N/C=C(/C#N)C(=O)Nc1ccccc1O)C(=O)O. The summed E-state index contributed by atoms with van der Waals surface area (Å²) in [5.74, 6) is -2.18. The maximum atomic E-state index is 11.9. The van der Waals surface area contributed by atoms with Gasteiger partial charge in [-0.3, -0.25) is 4.79 Å². The van der Waals surface area contributed by atoms with Gasteiger partial charge in [0, 0.05) is 6.20 Å². The van der Waals surface area contributed by atoms with Crippen molar-refractivity contribution in [2.24, 2.45) is 5.92 Å². The Kier molecular flexibility index (Phi) is 5.96. The smallest absolute Gasteiger partial charge is 0.326 e. The Morgan fingerprint density at radius 3 is 2.45 bits per heavy atom. The molecule has 1 rings (SSSR count). The van der Waals surface area contributed by atoms with Crippen LogP contribution in [-0.4, -0.2) is 28.1 Å². The maximum absolute atomic E-state index is 11.9. The number of para-hydroxylation sites is 2. The molecule has 22 heavy (non-hydrogen) atoms. The van der Waals surface area contributed by atoms with Gasteiger partial charge in [0.15, 0.2) is 0 Å². The molecule has 116 valence electrons. The number of amides is 1. The molecule has 0 aliphatic carbocycles. The number of nitrogens with one attached hydrogen (secondary N) is 2. The lowest BCUT2D eigenvalue weighted by atomic mass is 10.1. The minimum absolute atomic E-state index is 0.133. The first kappa shape index (κ1) is 17.0. The number of hydrogen-bond donors (Lipinski definition) is 4. The van der Waals surface area contributed by atoms with Gasteiger partial charge in [-0.2, -0.15) is 5.26 Å². The van der Waals surface area contributed by atoms with Crippen LogP contribution in [0.15, 0.2) is 36.0 Å². The zero-order chi connectivity index (χ0) is 16.7.